The van der Waals surface area contributed by atoms with Gasteiger partial charge in [0.1, 0.15) is 0 Å². The Balaban J connectivity index is 1.88. The number of ether oxygens (including phenoxy) is 1. The lowest BCUT2D eigenvalue weighted by Gasteiger charge is -2.40. The van der Waals surface area contributed by atoms with Crippen LogP contribution in [0.5, 0.6) is 0 Å². The highest BCUT2D eigenvalue weighted by atomic mass is 16.5. The fraction of sp³-hybridized carbons (Fsp3) is 1.00. The molecule has 2 rings (SSSR count). The molecule has 2 aliphatic rings. The van der Waals surface area contributed by atoms with Gasteiger partial charge in [0.15, 0.2) is 0 Å². The molecule has 4 atom stereocenters. The highest BCUT2D eigenvalue weighted by Crippen LogP contribution is 2.31. The summed E-state index contributed by atoms with van der Waals surface area (Å²) in [7, 11) is 0. The Hall–Kier alpha value is -0.0800. The van der Waals surface area contributed by atoms with Gasteiger partial charge in [-0.2, -0.15) is 0 Å². The van der Waals surface area contributed by atoms with Crippen molar-refractivity contribution in [3.63, 3.8) is 0 Å². The molecule has 0 bridgehead atoms. The molecule has 1 aliphatic heterocycles. The zero-order valence-corrected chi connectivity index (χ0v) is 13.3. The van der Waals surface area contributed by atoms with E-state index in [1.54, 1.807) is 0 Å². The van der Waals surface area contributed by atoms with Gasteiger partial charge in [-0.1, -0.05) is 40.5 Å². The summed E-state index contributed by atoms with van der Waals surface area (Å²) in [6.07, 6.45) is 8.52. The highest BCUT2D eigenvalue weighted by molar-refractivity contribution is 4.88. The Labute approximate surface area is 119 Å². The molecule has 4 unspecified atom stereocenters. The third-order valence-electron chi connectivity index (χ3n) is 5.18. The summed E-state index contributed by atoms with van der Waals surface area (Å²) >= 11 is 0. The molecule has 19 heavy (non-hydrogen) atoms. The Kier molecular flexibility index (Phi) is 5.70. The van der Waals surface area contributed by atoms with E-state index in [0.29, 0.717) is 18.1 Å². The van der Waals surface area contributed by atoms with Crippen LogP contribution in [0.15, 0.2) is 0 Å². The first-order valence-corrected chi connectivity index (χ1v) is 8.45. The summed E-state index contributed by atoms with van der Waals surface area (Å²) in [4.78, 5) is 0. The molecule has 1 saturated heterocycles. The van der Waals surface area contributed by atoms with E-state index in [9.17, 15) is 0 Å². The number of hydrogen-bond donors (Lipinski definition) is 1. The van der Waals surface area contributed by atoms with Crippen LogP contribution in [-0.2, 0) is 4.74 Å². The molecule has 2 fully saturated rings. The lowest BCUT2D eigenvalue weighted by Crippen LogP contribution is -2.49. The molecule has 1 N–H and O–H groups in total. The summed E-state index contributed by atoms with van der Waals surface area (Å²) < 4.78 is 5.89. The first-order chi connectivity index (χ1) is 9.08. The highest BCUT2D eigenvalue weighted by Gasteiger charge is 2.31. The predicted octanol–water partition coefficient (Wildman–Crippen LogP) is 3.99. The average molecular weight is 267 g/mol. The third kappa shape index (κ3) is 4.19. The molecular weight excluding hydrogens is 234 g/mol. The van der Waals surface area contributed by atoms with Crippen molar-refractivity contribution in [2.24, 2.45) is 17.8 Å². The molecule has 0 radical (unpaired) electrons. The molecule has 0 aromatic rings. The second kappa shape index (κ2) is 7.08. The Bertz CT molecular complexity index is 264. The van der Waals surface area contributed by atoms with Gasteiger partial charge >= 0.3 is 0 Å². The minimum atomic E-state index is 0.465. The van der Waals surface area contributed by atoms with E-state index in [1.807, 2.05) is 0 Å². The first kappa shape index (κ1) is 15.3. The largest absolute Gasteiger partial charge is 0.378 e. The zero-order chi connectivity index (χ0) is 13.8. The summed E-state index contributed by atoms with van der Waals surface area (Å²) in [6.45, 7) is 10.3. The van der Waals surface area contributed by atoms with Crippen LogP contribution in [0.4, 0.5) is 0 Å². The molecule has 0 amide bonds. The van der Waals surface area contributed by atoms with Crippen LogP contribution < -0.4 is 5.32 Å². The van der Waals surface area contributed by atoms with E-state index in [1.165, 1.54) is 38.5 Å². The molecule has 112 valence electrons. The summed E-state index contributed by atoms with van der Waals surface area (Å²) in [5.74, 6) is 2.35. The van der Waals surface area contributed by atoms with Crippen molar-refractivity contribution in [1.29, 1.82) is 0 Å². The predicted molar refractivity (Wildman–Crippen MR) is 81.3 cm³/mol. The van der Waals surface area contributed by atoms with Gasteiger partial charge in [0.25, 0.3) is 0 Å². The summed E-state index contributed by atoms with van der Waals surface area (Å²) in [6, 6.07) is 1.44. The second-order valence-electron chi connectivity index (χ2n) is 7.34. The molecule has 0 spiro atoms. The van der Waals surface area contributed by atoms with Crippen LogP contribution >= 0.6 is 0 Å². The number of nitrogens with one attached hydrogen (secondary N) is 1. The average Bonchev–Trinajstić information content (AvgIpc) is 2.39. The van der Waals surface area contributed by atoms with Gasteiger partial charge in [0.2, 0.25) is 0 Å². The second-order valence-corrected chi connectivity index (χ2v) is 7.34. The van der Waals surface area contributed by atoms with Gasteiger partial charge in [-0.15, -0.1) is 0 Å². The van der Waals surface area contributed by atoms with Crippen molar-refractivity contribution in [3.8, 4) is 0 Å². The van der Waals surface area contributed by atoms with Gasteiger partial charge in [-0.3, -0.25) is 0 Å². The van der Waals surface area contributed by atoms with Crippen LogP contribution in [0.3, 0.4) is 0 Å². The molecule has 0 aromatic heterocycles. The van der Waals surface area contributed by atoms with Gasteiger partial charge in [-0.25, -0.2) is 0 Å². The van der Waals surface area contributed by atoms with E-state index in [0.717, 1.165) is 24.5 Å². The smallest absolute Gasteiger partial charge is 0.0612 e. The standard InChI is InChI=1S/C17H33NO/c1-12(2)15-7-5-6-8-16(15)18-14-9-10-19-17(11-14)13(3)4/h12-18H,5-11H2,1-4H3. The van der Waals surface area contributed by atoms with Crippen LogP contribution in [-0.4, -0.2) is 24.8 Å². The molecule has 2 nitrogen and oxygen atoms in total. The quantitative estimate of drug-likeness (QED) is 0.831. The Morgan fingerprint density at radius 1 is 0.947 bits per heavy atom. The van der Waals surface area contributed by atoms with Crippen molar-refractivity contribution >= 4 is 0 Å². The van der Waals surface area contributed by atoms with Crippen molar-refractivity contribution in [3.05, 3.63) is 0 Å². The topological polar surface area (TPSA) is 21.3 Å². The van der Waals surface area contributed by atoms with E-state index < -0.39 is 0 Å². The maximum Gasteiger partial charge on any atom is 0.0612 e. The number of hydrogen-bond acceptors (Lipinski definition) is 2. The van der Waals surface area contributed by atoms with E-state index >= 15 is 0 Å². The van der Waals surface area contributed by atoms with Crippen LogP contribution in [0.25, 0.3) is 0 Å². The monoisotopic (exact) mass is 267 g/mol. The van der Waals surface area contributed by atoms with Gasteiger partial charge in [0, 0.05) is 18.7 Å². The lowest BCUT2D eigenvalue weighted by atomic mass is 9.77. The van der Waals surface area contributed by atoms with E-state index in [2.05, 4.69) is 33.0 Å². The molecule has 1 saturated carbocycles. The summed E-state index contributed by atoms with van der Waals surface area (Å²) in [5.41, 5.74) is 0. The molecule has 1 heterocycles. The van der Waals surface area contributed by atoms with Gasteiger partial charge < -0.3 is 10.1 Å². The molecule has 1 aliphatic carbocycles. The lowest BCUT2D eigenvalue weighted by molar-refractivity contribution is -0.0284. The number of rotatable bonds is 4. The van der Waals surface area contributed by atoms with Crippen LogP contribution in [0.1, 0.15) is 66.2 Å². The van der Waals surface area contributed by atoms with Crippen molar-refractivity contribution < 1.29 is 4.74 Å². The summed E-state index contributed by atoms with van der Waals surface area (Å²) in [5, 5.41) is 3.99. The molecule has 0 aromatic carbocycles. The van der Waals surface area contributed by atoms with Gasteiger partial charge in [0.05, 0.1) is 6.10 Å². The van der Waals surface area contributed by atoms with Crippen molar-refractivity contribution in [1.82, 2.24) is 5.32 Å². The minimum Gasteiger partial charge on any atom is -0.378 e. The van der Waals surface area contributed by atoms with Crippen molar-refractivity contribution in [2.45, 2.75) is 84.4 Å². The van der Waals surface area contributed by atoms with E-state index in [-0.39, 0.29) is 0 Å². The fourth-order valence-electron chi connectivity index (χ4n) is 3.91. The maximum absolute atomic E-state index is 5.89. The van der Waals surface area contributed by atoms with E-state index in [4.69, 9.17) is 4.74 Å². The van der Waals surface area contributed by atoms with Crippen LogP contribution in [0.2, 0.25) is 0 Å². The minimum absolute atomic E-state index is 0.465. The Morgan fingerprint density at radius 3 is 2.37 bits per heavy atom. The Morgan fingerprint density at radius 2 is 1.68 bits per heavy atom. The van der Waals surface area contributed by atoms with Gasteiger partial charge in [-0.05, 0) is 43.4 Å². The van der Waals surface area contributed by atoms with Crippen molar-refractivity contribution in [2.75, 3.05) is 6.61 Å². The molecular formula is C17H33NO. The van der Waals surface area contributed by atoms with Crippen LogP contribution in [0, 0.1) is 17.8 Å². The molecule has 2 heteroatoms. The zero-order valence-electron chi connectivity index (χ0n) is 13.3. The third-order valence-corrected chi connectivity index (χ3v) is 5.18. The maximum atomic E-state index is 5.89. The normalized spacial score (nSPS) is 36.9. The fourth-order valence-corrected chi connectivity index (χ4v) is 3.91. The SMILES string of the molecule is CC(C)C1CC(NC2CCCCC2C(C)C)CCO1. The first-order valence-electron chi connectivity index (χ1n) is 8.45.